The summed E-state index contributed by atoms with van der Waals surface area (Å²) in [5.74, 6) is 3.10. The van der Waals surface area contributed by atoms with Crippen LogP contribution in [0.5, 0.6) is 23.0 Å². The zero-order valence-corrected chi connectivity index (χ0v) is 36.8. The second-order valence-electron chi connectivity index (χ2n) is 14.2. The maximum absolute atomic E-state index is 11.4. The molecule has 0 amide bonds. The number of rotatable bonds is 12. The Balaban J connectivity index is 0.000000212. The summed E-state index contributed by atoms with van der Waals surface area (Å²) in [4.78, 5) is 48.8. The van der Waals surface area contributed by atoms with E-state index in [9.17, 15) is 20.2 Å². The third kappa shape index (κ3) is 10.1. The van der Waals surface area contributed by atoms with Crippen LogP contribution >= 0.6 is 23.2 Å². The van der Waals surface area contributed by atoms with E-state index in [4.69, 9.17) is 42.1 Å². The number of methoxy groups -OCH3 is 4. The number of benzene rings is 4. The van der Waals surface area contributed by atoms with Gasteiger partial charge in [-0.15, -0.1) is 0 Å². The summed E-state index contributed by atoms with van der Waals surface area (Å²) < 4.78 is 21.4. The summed E-state index contributed by atoms with van der Waals surface area (Å²) in [5, 5.41) is 24.9. The highest BCUT2D eigenvalue weighted by atomic mass is 35.5. The number of nitrogens with zero attached hydrogens (tertiary/aromatic N) is 8. The molecule has 16 nitrogen and oxygen atoms in total. The molecule has 4 aromatic heterocycles. The van der Waals surface area contributed by atoms with Crippen LogP contribution in [-0.4, -0.2) is 68.2 Å². The SMILES string of the molecule is C.COc1cc(OC)c(Cl)c(-c2cnc3nc(Cc4c(C)cccc4[N+](=O)[O-])ncc3c2)c1Cl.COc1cc(OC)cc(-c2cnc3nc(Cc4c(C)cccc4[N+](=O)[O-])ncc3c2)c1. The molecule has 18 heteroatoms. The molecule has 332 valence electrons. The van der Waals surface area contributed by atoms with Crippen molar-refractivity contribution in [2.45, 2.75) is 34.1 Å². The lowest BCUT2D eigenvalue weighted by Gasteiger charge is -2.15. The van der Waals surface area contributed by atoms with Crippen LogP contribution in [0, 0.1) is 34.1 Å². The van der Waals surface area contributed by atoms with Crippen molar-refractivity contribution >= 4 is 56.6 Å². The lowest BCUT2D eigenvalue weighted by molar-refractivity contribution is -0.385. The molecule has 0 N–H and O–H groups in total. The van der Waals surface area contributed by atoms with Crippen LogP contribution in [0.2, 0.25) is 10.0 Å². The maximum Gasteiger partial charge on any atom is 0.273 e. The molecule has 0 saturated carbocycles. The minimum absolute atomic E-state index is 0. The molecule has 0 atom stereocenters. The maximum atomic E-state index is 11.4. The molecule has 0 saturated heterocycles. The van der Waals surface area contributed by atoms with E-state index >= 15 is 0 Å². The van der Waals surface area contributed by atoms with E-state index in [1.54, 1.807) is 63.3 Å². The fourth-order valence-corrected chi connectivity index (χ4v) is 7.71. The van der Waals surface area contributed by atoms with E-state index in [-0.39, 0.29) is 36.6 Å². The first-order valence-electron chi connectivity index (χ1n) is 19.3. The predicted octanol–water partition coefficient (Wildman–Crippen LogP) is 11.0. The summed E-state index contributed by atoms with van der Waals surface area (Å²) in [6, 6.07) is 20.9. The summed E-state index contributed by atoms with van der Waals surface area (Å²) in [6.07, 6.45) is 7.11. The molecule has 65 heavy (non-hydrogen) atoms. The van der Waals surface area contributed by atoms with Crippen molar-refractivity contribution in [3.05, 3.63) is 162 Å². The minimum atomic E-state index is -0.399. The molecule has 8 rings (SSSR count). The monoisotopic (exact) mass is 916 g/mol. The molecule has 0 aliphatic heterocycles. The first-order chi connectivity index (χ1) is 30.8. The Morgan fingerprint density at radius 1 is 0.554 bits per heavy atom. The Morgan fingerprint density at radius 3 is 1.43 bits per heavy atom. The molecule has 4 heterocycles. The smallest absolute Gasteiger partial charge is 0.273 e. The quantitative estimate of drug-likeness (QED) is 0.0827. The molecule has 0 bridgehead atoms. The minimum Gasteiger partial charge on any atom is -0.497 e. The average molecular weight is 918 g/mol. The van der Waals surface area contributed by atoms with Crippen LogP contribution in [0.4, 0.5) is 11.4 Å². The van der Waals surface area contributed by atoms with Crippen LogP contribution in [0.15, 0.2) is 97.6 Å². The molecule has 0 spiro atoms. The average Bonchev–Trinajstić information content (AvgIpc) is 3.30. The highest BCUT2D eigenvalue weighted by molar-refractivity contribution is 6.41. The van der Waals surface area contributed by atoms with E-state index in [0.29, 0.717) is 83.6 Å². The van der Waals surface area contributed by atoms with Gasteiger partial charge in [-0.1, -0.05) is 54.9 Å². The number of hydrogen-bond acceptors (Lipinski definition) is 14. The van der Waals surface area contributed by atoms with Gasteiger partial charge in [0.05, 0.1) is 48.3 Å². The van der Waals surface area contributed by atoms with Gasteiger partial charge in [0, 0.05) is 100 Å². The number of pyridine rings is 2. The van der Waals surface area contributed by atoms with Crippen molar-refractivity contribution in [3.8, 4) is 45.3 Å². The lowest BCUT2D eigenvalue weighted by atomic mass is 10.0. The zero-order valence-electron chi connectivity index (χ0n) is 35.3. The first-order valence-corrected chi connectivity index (χ1v) is 20.1. The number of aryl methyl sites for hydroxylation is 2. The highest BCUT2D eigenvalue weighted by Gasteiger charge is 2.22. The van der Waals surface area contributed by atoms with Gasteiger partial charge in [-0.2, -0.15) is 0 Å². The molecule has 0 aliphatic rings. The number of ether oxygens (including phenoxy) is 4. The van der Waals surface area contributed by atoms with E-state index in [1.807, 2.05) is 50.2 Å². The Bertz CT molecular complexity index is 3050. The summed E-state index contributed by atoms with van der Waals surface area (Å²) in [5.41, 5.74) is 6.80. The highest BCUT2D eigenvalue weighted by Crippen LogP contribution is 2.46. The third-order valence-electron chi connectivity index (χ3n) is 10.3. The van der Waals surface area contributed by atoms with Gasteiger partial charge >= 0.3 is 0 Å². The van der Waals surface area contributed by atoms with E-state index in [0.717, 1.165) is 27.6 Å². The Labute approximate surface area is 383 Å². The molecular formula is C47H42Cl2N8O8. The van der Waals surface area contributed by atoms with Crippen LogP contribution in [-0.2, 0) is 12.8 Å². The molecule has 0 radical (unpaired) electrons. The predicted molar refractivity (Wildman–Crippen MR) is 250 cm³/mol. The number of nitro benzene ring substituents is 2. The third-order valence-corrected chi connectivity index (χ3v) is 11.1. The molecule has 4 aromatic carbocycles. The zero-order chi connectivity index (χ0) is 45.7. The number of aromatic nitrogens is 6. The van der Waals surface area contributed by atoms with Gasteiger partial charge in [0.1, 0.15) is 34.6 Å². The van der Waals surface area contributed by atoms with Gasteiger partial charge in [-0.05, 0) is 54.8 Å². The van der Waals surface area contributed by atoms with Gasteiger partial charge in [0.25, 0.3) is 11.4 Å². The summed E-state index contributed by atoms with van der Waals surface area (Å²) in [6.45, 7) is 3.67. The molecule has 8 aromatic rings. The van der Waals surface area contributed by atoms with E-state index in [1.165, 1.54) is 26.4 Å². The number of fused-ring (bicyclic) bond motifs is 2. The number of hydrogen-bond donors (Lipinski definition) is 0. The van der Waals surface area contributed by atoms with Gasteiger partial charge in [0.15, 0.2) is 11.3 Å². The molecule has 0 aliphatic carbocycles. The fraction of sp³-hybridized carbons (Fsp3) is 0.191. The topological polar surface area (TPSA) is 201 Å². The molecule has 0 fully saturated rings. The second kappa shape index (κ2) is 20.3. The molecular weight excluding hydrogens is 875 g/mol. The second-order valence-corrected chi connectivity index (χ2v) is 15.0. The van der Waals surface area contributed by atoms with E-state index in [2.05, 4.69) is 29.9 Å². The van der Waals surface area contributed by atoms with Gasteiger partial charge in [0.2, 0.25) is 0 Å². The Hall–Kier alpha value is -7.56. The van der Waals surface area contributed by atoms with E-state index < -0.39 is 4.92 Å². The van der Waals surface area contributed by atoms with Crippen molar-refractivity contribution in [2.75, 3.05) is 28.4 Å². The van der Waals surface area contributed by atoms with Crippen molar-refractivity contribution in [1.29, 1.82) is 0 Å². The van der Waals surface area contributed by atoms with Crippen LogP contribution in [0.3, 0.4) is 0 Å². The van der Waals surface area contributed by atoms with Crippen LogP contribution in [0.1, 0.15) is 41.3 Å². The summed E-state index contributed by atoms with van der Waals surface area (Å²) in [7, 11) is 6.22. The van der Waals surface area contributed by atoms with Gasteiger partial charge in [-0.3, -0.25) is 20.2 Å². The standard InChI is InChI=1S/C23H18Cl2N4O4.C23H20N4O4.CH4/c1-12-5-4-6-16(29(30)31)15(12)8-19-26-11-14-7-13(10-27-23(14)28-19)20-21(24)17(32-2)9-18(33-3)22(20)25;1-14-5-4-6-21(27(28)29)20(14)11-22-24-13-17-7-16(12-25-23(17)26-22)15-8-18(30-2)10-19(9-15)31-3;/h4-7,9-11H,8H2,1-3H3;4-10,12-13H,11H2,1-3H3;1H4. The van der Waals surface area contributed by atoms with Gasteiger partial charge in [-0.25, -0.2) is 29.9 Å². The summed E-state index contributed by atoms with van der Waals surface area (Å²) >= 11 is 13.0. The van der Waals surface area contributed by atoms with Crippen LogP contribution in [0.25, 0.3) is 44.3 Å². The van der Waals surface area contributed by atoms with Crippen molar-refractivity contribution in [3.63, 3.8) is 0 Å². The first kappa shape index (κ1) is 46.9. The normalized spacial score (nSPS) is 10.7. The van der Waals surface area contributed by atoms with Crippen LogP contribution < -0.4 is 18.9 Å². The number of halogens is 2. The molecule has 0 unspecified atom stereocenters. The van der Waals surface area contributed by atoms with Crippen molar-refractivity contribution in [1.82, 2.24) is 29.9 Å². The Morgan fingerprint density at radius 2 is 1.00 bits per heavy atom. The fourth-order valence-electron chi connectivity index (χ4n) is 6.99. The Kier molecular flexibility index (Phi) is 14.7. The largest absolute Gasteiger partial charge is 0.497 e. The van der Waals surface area contributed by atoms with Gasteiger partial charge < -0.3 is 18.9 Å². The van der Waals surface area contributed by atoms with Crippen molar-refractivity contribution < 1.29 is 28.8 Å². The lowest BCUT2D eigenvalue weighted by Crippen LogP contribution is -2.03. The van der Waals surface area contributed by atoms with Crippen molar-refractivity contribution in [2.24, 2.45) is 0 Å². The number of nitro groups is 2.